The van der Waals surface area contributed by atoms with Gasteiger partial charge in [0.05, 0.1) is 29.2 Å². The number of carbonyl (C=O) groups excluding carboxylic acids is 1. The summed E-state index contributed by atoms with van der Waals surface area (Å²) < 4.78 is 51.3. The molecule has 0 aromatic heterocycles. The molecular weight excluding hydrogens is 525 g/mol. The maximum absolute atomic E-state index is 13.5. The van der Waals surface area contributed by atoms with Crippen LogP contribution in [0.3, 0.4) is 0 Å². The number of hydrogen-bond donors (Lipinski definition) is 2. The zero-order chi connectivity index (χ0) is 27.0. The van der Waals surface area contributed by atoms with E-state index < -0.39 is 29.5 Å². The molecule has 11 heteroatoms. The standard InChI is InChI=1S/C27H22ClF3N2O5/c28-22-10-15(25(34)33(18-13-32-14-18)17-3-1-2-16(11-17)27(29,30)31)4-7-23(22)38-19-5-6-20-21(26(35)36)8-9-37-24(20)12-19/h1-7,10-12,18,21,32H,8-9,13-14H2,(H,35,36). The van der Waals surface area contributed by atoms with E-state index in [4.69, 9.17) is 21.1 Å². The van der Waals surface area contributed by atoms with Gasteiger partial charge in [0.2, 0.25) is 0 Å². The lowest BCUT2D eigenvalue weighted by molar-refractivity contribution is -0.139. The molecule has 1 fully saturated rings. The first-order valence-corrected chi connectivity index (χ1v) is 12.2. The molecule has 1 atom stereocenters. The molecule has 3 aromatic carbocycles. The maximum atomic E-state index is 13.5. The van der Waals surface area contributed by atoms with Crippen LogP contribution in [0.1, 0.15) is 33.8 Å². The highest BCUT2D eigenvalue weighted by Crippen LogP contribution is 2.39. The van der Waals surface area contributed by atoms with Crippen molar-refractivity contribution in [2.75, 3.05) is 24.6 Å². The Balaban J connectivity index is 1.39. The first-order valence-electron chi connectivity index (χ1n) is 11.8. The van der Waals surface area contributed by atoms with E-state index in [1.165, 1.54) is 35.2 Å². The fourth-order valence-electron chi connectivity index (χ4n) is 4.45. The summed E-state index contributed by atoms with van der Waals surface area (Å²) in [6.07, 6.45) is -4.17. The number of rotatable bonds is 6. The minimum atomic E-state index is -4.54. The highest BCUT2D eigenvalue weighted by atomic mass is 35.5. The van der Waals surface area contributed by atoms with Crippen molar-refractivity contribution >= 4 is 29.2 Å². The zero-order valence-corrected chi connectivity index (χ0v) is 20.6. The zero-order valence-electron chi connectivity index (χ0n) is 19.8. The van der Waals surface area contributed by atoms with Crippen LogP contribution < -0.4 is 19.7 Å². The number of fused-ring (bicyclic) bond motifs is 1. The third-order valence-corrected chi connectivity index (χ3v) is 6.82. The monoisotopic (exact) mass is 546 g/mol. The van der Waals surface area contributed by atoms with Gasteiger partial charge in [0.1, 0.15) is 17.2 Å². The second-order valence-corrected chi connectivity index (χ2v) is 9.42. The molecule has 1 amide bonds. The number of ether oxygens (including phenoxy) is 2. The summed E-state index contributed by atoms with van der Waals surface area (Å²) in [5.74, 6) is -1.07. The lowest BCUT2D eigenvalue weighted by Gasteiger charge is -2.38. The van der Waals surface area contributed by atoms with Gasteiger partial charge < -0.3 is 24.8 Å². The average Bonchev–Trinajstić information content (AvgIpc) is 2.86. The topological polar surface area (TPSA) is 88.1 Å². The Morgan fingerprint density at radius 1 is 1.08 bits per heavy atom. The number of amides is 1. The Morgan fingerprint density at radius 2 is 1.87 bits per heavy atom. The smallest absolute Gasteiger partial charge is 0.416 e. The van der Waals surface area contributed by atoms with Crippen LogP contribution >= 0.6 is 11.6 Å². The van der Waals surface area contributed by atoms with Gasteiger partial charge in [-0.1, -0.05) is 23.7 Å². The largest absolute Gasteiger partial charge is 0.493 e. The normalized spacial score (nSPS) is 17.1. The number of carboxylic acid groups (broad SMARTS) is 1. The molecule has 2 heterocycles. The van der Waals surface area contributed by atoms with E-state index in [0.717, 1.165) is 12.1 Å². The Labute approximate surface area is 220 Å². The fourth-order valence-corrected chi connectivity index (χ4v) is 4.67. The molecule has 7 nitrogen and oxygen atoms in total. The van der Waals surface area contributed by atoms with Crippen molar-refractivity contribution in [2.45, 2.75) is 24.6 Å². The molecule has 2 aliphatic rings. The van der Waals surface area contributed by atoms with Gasteiger partial charge >= 0.3 is 12.1 Å². The molecular formula is C27H22ClF3N2O5. The fraction of sp³-hybridized carbons (Fsp3) is 0.259. The Hall–Kier alpha value is -3.76. The molecule has 0 aliphatic carbocycles. The van der Waals surface area contributed by atoms with Crippen LogP contribution in [0.2, 0.25) is 5.02 Å². The van der Waals surface area contributed by atoms with Gasteiger partial charge in [0.25, 0.3) is 5.91 Å². The number of hydrogen-bond acceptors (Lipinski definition) is 5. The van der Waals surface area contributed by atoms with Gasteiger partial charge in [-0.3, -0.25) is 9.59 Å². The van der Waals surface area contributed by atoms with Crippen LogP contribution in [0.4, 0.5) is 18.9 Å². The number of benzene rings is 3. The molecule has 0 radical (unpaired) electrons. The first kappa shape index (κ1) is 25.9. The van der Waals surface area contributed by atoms with Crippen LogP contribution in [0.15, 0.2) is 60.7 Å². The van der Waals surface area contributed by atoms with Crippen molar-refractivity contribution in [3.05, 3.63) is 82.4 Å². The predicted octanol–water partition coefficient (Wildman–Crippen LogP) is 5.72. The van der Waals surface area contributed by atoms with E-state index in [1.54, 1.807) is 18.2 Å². The Kier molecular flexibility index (Phi) is 6.93. The van der Waals surface area contributed by atoms with Crippen LogP contribution in [0, 0.1) is 0 Å². The number of nitrogens with zero attached hydrogens (tertiary/aromatic N) is 1. The van der Waals surface area contributed by atoms with Crippen molar-refractivity contribution in [3.8, 4) is 17.2 Å². The van der Waals surface area contributed by atoms with Crippen LogP contribution in [-0.2, 0) is 11.0 Å². The molecule has 198 valence electrons. The minimum Gasteiger partial charge on any atom is -0.493 e. The van der Waals surface area contributed by atoms with Crippen LogP contribution in [0.25, 0.3) is 0 Å². The molecule has 0 spiro atoms. The van der Waals surface area contributed by atoms with Gasteiger partial charge in [0.15, 0.2) is 0 Å². The van der Waals surface area contributed by atoms with Crippen molar-refractivity contribution in [2.24, 2.45) is 0 Å². The summed E-state index contributed by atoms with van der Waals surface area (Å²) in [6, 6.07) is 13.6. The quantitative estimate of drug-likeness (QED) is 0.411. The highest BCUT2D eigenvalue weighted by molar-refractivity contribution is 6.32. The van der Waals surface area contributed by atoms with Crippen LogP contribution in [-0.4, -0.2) is 42.7 Å². The summed E-state index contributed by atoms with van der Waals surface area (Å²) in [5.41, 5.74) is 0.0418. The SMILES string of the molecule is O=C(O)C1CCOc2cc(Oc3ccc(C(=O)N(c4cccc(C(F)(F)F)c4)C4CNC4)cc3Cl)ccc21. The third-order valence-electron chi connectivity index (χ3n) is 6.52. The molecule has 38 heavy (non-hydrogen) atoms. The van der Waals surface area contributed by atoms with E-state index in [9.17, 15) is 27.9 Å². The van der Waals surface area contributed by atoms with E-state index in [0.29, 0.717) is 36.6 Å². The number of alkyl halides is 3. The van der Waals surface area contributed by atoms with Gasteiger partial charge in [-0.25, -0.2) is 0 Å². The number of anilines is 1. The summed E-state index contributed by atoms with van der Waals surface area (Å²) in [4.78, 5) is 26.3. The summed E-state index contributed by atoms with van der Waals surface area (Å²) >= 11 is 6.43. The molecule has 0 bridgehead atoms. The van der Waals surface area contributed by atoms with E-state index in [2.05, 4.69) is 5.32 Å². The number of carbonyl (C=O) groups is 2. The lowest BCUT2D eigenvalue weighted by Crippen LogP contribution is -2.59. The van der Waals surface area contributed by atoms with Crippen molar-refractivity contribution < 1.29 is 37.3 Å². The molecule has 1 unspecified atom stereocenters. The molecule has 5 rings (SSSR count). The van der Waals surface area contributed by atoms with Gasteiger partial charge in [-0.2, -0.15) is 13.2 Å². The second-order valence-electron chi connectivity index (χ2n) is 9.01. The summed E-state index contributed by atoms with van der Waals surface area (Å²) in [7, 11) is 0. The maximum Gasteiger partial charge on any atom is 0.416 e. The number of halogens is 4. The third kappa shape index (κ3) is 5.14. The summed E-state index contributed by atoms with van der Waals surface area (Å²) in [6.45, 7) is 1.16. The summed E-state index contributed by atoms with van der Waals surface area (Å²) in [5, 5.41) is 12.6. The molecule has 3 aromatic rings. The van der Waals surface area contributed by atoms with Crippen LogP contribution in [0.5, 0.6) is 17.2 Å². The Bertz CT molecular complexity index is 1390. The highest BCUT2D eigenvalue weighted by Gasteiger charge is 2.35. The van der Waals surface area contributed by atoms with E-state index >= 15 is 0 Å². The number of nitrogens with one attached hydrogen (secondary N) is 1. The molecule has 0 saturated carbocycles. The van der Waals surface area contributed by atoms with Crippen molar-refractivity contribution in [1.82, 2.24) is 5.32 Å². The predicted molar refractivity (Wildman–Crippen MR) is 133 cm³/mol. The first-order chi connectivity index (χ1) is 18.1. The molecule has 1 saturated heterocycles. The molecule has 2 aliphatic heterocycles. The average molecular weight is 547 g/mol. The van der Waals surface area contributed by atoms with Gasteiger partial charge in [-0.15, -0.1) is 0 Å². The second kappa shape index (κ2) is 10.2. The van der Waals surface area contributed by atoms with Crippen molar-refractivity contribution in [3.63, 3.8) is 0 Å². The van der Waals surface area contributed by atoms with Gasteiger partial charge in [-0.05, 0) is 48.9 Å². The van der Waals surface area contributed by atoms with Crippen molar-refractivity contribution in [1.29, 1.82) is 0 Å². The van der Waals surface area contributed by atoms with E-state index in [-0.39, 0.29) is 34.7 Å². The minimum absolute atomic E-state index is 0.119. The number of carboxylic acids is 1. The van der Waals surface area contributed by atoms with Gasteiger partial charge in [0, 0.05) is 36.0 Å². The molecule has 2 N–H and O–H groups in total. The van der Waals surface area contributed by atoms with E-state index in [1.807, 2.05) is 0 Å². The lowest BCUT2D eigenvalue weighted by atomic mass is 9.93. The number of aliphatic carboxylic acids is 1. The Morgan fingerprint density at radius 3 is 2.53 bits per heavy atom.